The smallest absolute Gasteiger partial charge is 0.392 e. The summed E-state index contributed by atoms with van der Waals surface area (Å²) < 4.78 is 40.7. The fourth-order valence-electron chi connectivity index (χ4n) is 4.26. The van der Waals surface area contributed by atoms with E-state index in [-0.39, 0.29) is 0 Å². The number of aliphatic carboxylic acids is 1. The van der Waals surface area contributed by atoms with Crippen LogP contribution in [-0.2, 0) is 22.4 Å². The highest BCUT2D eigenvalue weighted by atomic mass is 19.4. The van der Waals surface area contributed by atoms with Gasteiger partial charge in [-0.05, 0) is 54.5 Å². The van der Waals surface area contributed by atoms with Crippen molar-refractivity contribution in [2.75, 3.05) is 5.32 Å². The number of alkyl halides is 3. The molecule has 172 valence electrons. The van der Waals surface area contributed by atoms with Gasteiger partial charge >= 0.3 is 12.1 Å². The van der Waals surface area contributed by atoms with E-state index in [1.165, 1.54) is 0 Å². The minimum atomic E-state index is -4.54. The monoisotopic (exact) mass is 447 g/mol. The van der Waals surface area contributed by atoms with Crippen LogP contribution in [-0.4, -0.2) is 23.2 Å². The van der Waals surface area contributed by atoms with E-state index in [2.05, 4.69) is 5.32 Å². The van der Waals surface area contributed by atoms with E-state index in [1.54, 1.807) is 48.5 Å². The predicted octanol–water partition coefficient (Wildman–Crippen LogP) is 5.97. The van der Waals surface area contributed by atoms with Crippen LogP contribution in [0, 0.1) is 11.3 Å². The van der Waals surface area contributed by atoms with Gasteiger partial charge in [-0.3, -0.25) is 9.59 Å². The van der Waals surface area contributed by atoms with E-state index in [4.69, 9.17) is 0 Å². The van der Waals surface area contributed by atoms with Gasteiger partial charge in [0, 0.05) is 5.69 Å². The molecule has 0 aliphatic heterocycles. The molecule has 0 radical (unpaired) electrons. The van der Waals surface area contributed by atoms with Crippen LogP contribution in [0.25, 0.3) is 0 Å². The van der Waals surface area contributed by atoms with E-state index >= 15 is 0 Å². The molecule has 3 rings (SSSR count). The Morgan fingerprint density at radius 3 is 2.25 bits per heavy atom. The molecule has 1 amide bonds. The van der Waals surface area contributed by atoms with E-state index < -0.39 is 35.3 Å². The number of carbonyl (C=O) groups excluding carboxylic acids is 1. The van der Waals surface area contributed by atoms with Crippen molar-refractivity contribution in [1.29, 1.82) is 0 Å². The summed E-state index contributed by atoms with van der Waals surface area (Å²) in [5.41, 5.74) is 1.58. The van der Waals surface area contributed by atoms with E-state index in [0.29, 0.717) is 30.5 Å². The molecule has 2 aromatic rings. The highest BCUT2D eigenvalue weighted by Crippen LogP contribution is 2.44. The summed E-state index contributed by atoms with van der Waals surface area (Å²) in [6, 6.07) is 13.3. The Labute approximate surface area is 185 Å². The van der Waals surface area contributed by atoms with Gasteiger partial charge in [-0.1, -0.05) is 56.7 Å². The molecular weight excluding hydrogens is 419 g/mol. The Bertz CT molecular complexity index is 965. The van der Waals surface area contributed by atoms with Gasteiger partial charge in [0.15, 0.2) is 0 Å². The van der Waals surface area contributed by atoms with Crippen LogP contribution in [0.2, 0.25) is 0 Å². The Balaban J connectivity index is 1.83. The Morgan fingerprint density at radius 2 is 1.75 bits per heavy atom. The van der Waals surface area contributed by atoms with Crippen molar-refractivity contribution in [2.45, 2.75) is 58.0 Å². The number of hydrogen-bond acceptors (Lipinski definition) is 2. The van der Waals surface area contributed by atoms with Crippen molar-refractivity contribution < 1.29 is 27.9 Å². The molecule has 1 saturated carbocycles. The Morgan fingerprint density at radius 1 is 1.09 bits per heavy atom. The number of aryl methyl sites for hydroxylation is 1. The third-order valence-corrected chi connectivity index (χ3v) is 6.55. The Hall–Kier alpha value is -2.83. The van der Waals surface area contributed by atoms with Crippen LogP contribution >= 0.6 is 0 Å². The lowest BCUT2D eigenvalue weighted by Crippen LogP contribution is -2.39. The van der Waals surface area contributed by atoms with Crippen LogP contribution in [0.1, 0.15) is 55.7 Å². The average molecular weight is 447 g/mol. The lowest BCUT2D eigenvalue weighted by molar-refractivity contribution is -0.178. The molecule has 2 atom stereocenters. The molecule has 2 N–H and O–H groups in total. The van der Waals surface area contributed by atoms with Crippen LogP contribution in [0.15, 0.2) is 48.5 Å². The molecule has 1 aliphatic rings. The van der Waals surface area contributed by atoms with Gasteiger partial charge in [-0.15, -0.1) is 0 Å². The first kappa shape index (κ1) is 23.8. The maximum absolute atomic E-state index is 13.6. The average Bonchev–Trinajstić information content (AvgIpc) is 2.70. The van der Waals surface area contributed by atoms with Gasteiger partial charge in [0.05, 0.1) is 17.3 Å². The topological polar surface area (TPSA) is 66.4 Å². The lowest BCUT2D eigenvalue weighted by atomic mass is 9.65. The Kier molecular flexibility index (Phi) is 6.96. The number of benzene rings is 2. The third kappa shape index (κ3) is 5.14. The number of halogens is 3. The maximum Gasteiger partial charge on any atom is 0.392 e. The zero-order valence-electron chi connectivity index (χ0n) is 18.2. The van der Waals surface area contributed by atoms with Crippen molar-refractivity contribution in [2.24, 2.45) is 11.3 Å². The summed E-state index contributed by atoms with van der Waals surface area (Å²) in [6.07, 6.45) is -1.42. The summed E-state index contributed by atoms with van der Waals surface area (Å²) in [7, 11) is 0. The van der Waals surface area contributed by atoms with Gasteiger partial charge in [-0.25, -0.2) is 0 Å². The van der Waals surface area contributed by atoms with Gasteiger partial charge in [0.1, 0.15) is 0 Å². The number of anilines is 1. The van der Waals surface area contributed by atoms with Gasteiger partial charge in [0.25, 0.3) is 0 Å². The van der Waals surface area contributed by atoms with Crippen molar-refractivity contribution in [1.82, 2.24) is 0 Å². The van der Waals surface area contributed by atoms with Crippen molar-refractivity contribution in [3.8, 4) is 0 Å². The summed E-state index contributed by atoms with van der Waals surface area (Å²) in [5.74, 6) is -4.86. The van der Waals surface area contributed by atoms with E-state index in [9.17, 15) is 27.9 Å². The minimum absolute atomic E-state index is 0.306. The zero-order valence-corrected chi connectivity index (χ0v) is 18.2. The van der Waals surface area contributed by atoms with Crippen LogP contribution < -0.4 is 5.32 Å². The number of nitrogens with one attached hydrogen (secondary N) is 1. The first-order valence-corrected chi connectivity index (χ1v) is 10.8. The maximum atomic E-state index is 13.6. The lowest BCUT2D eigenvalue weighted by Gasteiger charge is -2.37. The summed E-state index contributed by atoms with van der Waals surface area (Å²) >= 11 is 0. The second kappa shape index (κ2) is 9.35. The predicted molar refractivity (Wildman–Crippen MR) is 116 cm³/mol. The molecular formula is C25H28F3NO3. The number of amides is 1. The van der Waals surface area contributed by atoms with Crippen molar-refractivity contribution in [3.63, 3.8) is 0 Å². The molecule has 0 bridgehead atoms. The molecule has 0 aromatic heterocycles. The number of carbonyl (C=O) groups is 2. The summed E-state index contributed by atoms with van der Waals surface area (Å²) in [5, 5.41) is 12.2. The van der Waals surface area contributed by atoms with Crippen molar-refractivity contribution in [3.05, 3.63) is 65.2 Å². The molecule has 4 nitrogen and oxygen atoms in total. The zero-order chi connectivity index (χ0) is 23.5. The fourth-order valence-corrected chi connectivity index (χ4v) is 4.26. The molecule has 0 spiro atoms. The summed E-state index contributed by atoms with van der Waals surface area (Å²) in [4.78, 5) is 24.7. The standard InChI is InChI=1S/C25H28F3NO3/c1-3-17-8-10-19(11-9-17)21(16(2)25(26,27)28)22(30)29-20-7-4-6-18(14-20)15-24(23(31)32)12-5-13-24/h4,6-11,14,16,21H,3,5,12-13,15H2,1-2H3,(H,29,30)(H,31,32). The molecule has 7 heteroatoms. The van der Waals surface area contributed by atoms with Crippen LogP contribution in [0.5, 0.6) is 0 Å². The van der Waals surface area contributed by atoms with Gasteiger partial charge in [0.2, 0.25) is 5.91 Å². The molecule has 1 fully saturated rings. The first-order chi connectivity index (χ1) is 15.1. The quantitative estimate of drug-likeness (QED) is 0.524. The summed E-state index contributed by atoms with van der Waals surface area (Å²) in [6.45, 7) is 2.96. The van der Waals surface area contributed by atoms with Crippen molar-refractivity contribution >= 4 is 17.6 Å². The minimum Gasteiger partial charge on any atom is -0.481 e. The molecule has 0 saturated heterocycles. The second-order valence-corrected chi connectivity index (χ2v) is 8.71. The van der Waals surface area contributed by atoms with Gasteiger partial charge < -0.3 is 10.4 Å². The highest BCUT2D eigenvalue weighted by Gasteiger charge is 2.45. The number of rotatable bonds is 8. The second-order valence-electron chi connectivity index (χ2n) is 8.71. The largest absolute Gasteiger partial charge is 0.481 e. The van der Waals surface area contributed by atoms with E-state index in [0.717, 1.165) is 30.9 Å². The molecule has 0 heterocycles. The van der Waals surface area contributed by atoms with Gasteiger partial charge in [-0.2, -0.15) is 13.2 Å². The SMILES string of the molecule is CCc1ccc(C(C(=O)Nc2cccc(CC3(C(=O)O)CCC3)c2)C(C)C(F)(F)F)cc1. The third-order valence-electron chi connectivity index (χ3n) is 6.55. The number of hydrogen-bond donors (Lipinski definition) is 2. The molecule has 32 heavy (non-hydrogen) atoms. The van der Waals surface area contributed by atoms with Crippen LogP contribution in [0.3, 0.4) is 0 Å². The molecule has 2 aromatic carbocycles. The molecule has 1 aliphatic carbocycles. The number of carboxylic acids is 1. The first-order valence-electron chi connectivity index (χ1n) is 10.8. The molecule has 2 unspecified atom stereocenters. The normalized spacial score (nSPS) is 17.2. The van der Waals surface area contributed by atoms with E-state index in [1.807, 2.05) is 6.92 Å². The number of carboxylic acid groups (broad SMARTS) is 1. The highest BCUT2D eigenvalue weighted by molar-refractivity contribution is 5.96. The fraction of sp³-hybridized carbons (Fsp3) is 0.440. The van der Waals surface area contributed by atoms with Crippen LogP contribution in [0.4, 0.5) is 18.9 Å².